The lowest BCUT2D eigenvalue weighted by molar-refractivity contribution is 0.296. The van der Waals surface area contributed by atoms with Crippen molar-refractivity contribution >= 4 is 43.4 Å². The monoisotopic (exact) mass is 382 g/mol. The van der Waals surface area contributed by atoms with Gasteiger partial charge in [-0.15, -0.1) is 0 Å². The number of hydrogen-bond donors (Lipinski definition) is 3. The molecule has 0 heterocycles. The van der Waals surface area contributed by atoms with Crippen molar-refractivity contribution in [2.75, 3.05) is 30.4 Å². The van der Waals surface area contributed by atoms with Crippen molar-refractivity contribution in [2.45, 2.75) is 18.2 Å². The first-order chi connectivity index (χ1) is 9.38. The molecule has 0 fully saturated rings. The lowest BCUT2D eigenvalue weighted by Gasteiger charge is -2.11. The Kier molecular flexibility index (Phi) is 7.32. The van der Waals surface area contributed by atoms with E-state index in [1.807, 2.05) is 0 Å². The third-order valence-corrected chi connectivity index (χ3v) is 5.93. The summed E-state index contributed by atoms with van der Waals surface area (Å²) in [5.74, 6) is 1.49. The van der Waals surface area contributed by atoms with Crippen molar-refractivity contribution in [1.29, 1.82) is 0 Å². The molecule has 0 saturated carbocycles. The number of aliphatic hydroxyl groups excluding tert-OH is 1. The summed E-state index contributed by atoms with van der Waals surface area (Å²) in [5, 5.41) is 8.64. The van der Waals surface area contributed by atoms with Crippen molar-refractivity contribution in [3.63, 3.8) is 0 Å². The van der Waals surface area contributed by atoms with Gasteiger partial charge in [0.2, 0.25) is 10.0 Å². The fourth-order valence-electron chi connectivity index (χ4n) is 1.55. The number of benzene rings is 1. The Morgan fingerprint density at radius 3 is 2.75 bits per heavy atom. The fraction of sp³-hybridized carbons (Fsp3) is 0.500. The Morgan fingerprint density at radius 1 is 1.40 bits per heavy atom. The maximum Gasteiger partial charge on any atom is 0.240 e. The molecule has 1 aromatic rings. The molecular weight excluding hydrogens is 364 g/mol. The zero-order valence-corrected chi connectivity index (χ0v) is 14.4. The van der Waals surface area contributed by atoms with Crippen molar-refractivity contribution in [2.24, 2.45) is 0 Å². The third kappa shape index (κ3) is 5.25. The number of aliphatic hydroxyl groups is 1. The molecule has 0 atom stereocenters. The summed E-state index contributed by atoms with van der Waals surface area (Å²) in [7, 11) is -3.54. The Balaban J connectivity index is 2.63. The number of nitrogens with one attached hydrogen (secondary N) is 1. The second kappa shape index (κ2) is 8.23. The van der Waals surface area contributed by atoms with Gasteiger partial charge in [-0.3, -0.25) is 0 Å². The minimum Gasteiger partial charge on any atom is -0.398 e. The number of nitrogen functional groups attached to an aromatic ring is 1. The molecule has 0 unspecified atom stereocenters. The van der Waals surface area contributed by atoms with E-state index < -0.39 is 10.0 Å². The summed E-state index contributed by atoms with van der Waals surface area (Å²) >= 11 is 4.88. The number of anilines is 1. The molecule has 0 aromatic heterocycles. The fourth-order valence-corrected chi connectivity index (χ4v) is 4.21. The van der Waals surface area contributed by atoms with Gasteiger partial charge in [-0.2, -0.15) is 11.8 Å². The molecule has 5 nitrogen and oxygen atoms in total. The number of aryl methyl sites for hydroxylation is 1. The van der Waals surface area contributed by atoms with E-state index in [9.17, 15) is 8.42 Å². The van der Waals surface area contributed by atoms with E-state index in [4.69, 9.17) is 10.8 Å². The molecule has 20 heavy (non-hydrogen) atoms. The van der Waals surface area contributed by atoms with Gasteiger partial charge in [0.25, 0.3) is 0 Å². The van der Waals surface area contributed by atoms with E-state index in [0.29, 0.717) is 28.0 Å². The van der Waals surface area contributed by atoms with Crippen LogP contribution in [0.3, 0.4) is 0 Å². The van der Waals surface area contributed by atoms with Crippen molar-refractivity contribution < 1.29 is 13.5 Å². The highest BCUT2D eigenvalue weighted by molar-refractivity contribution is 9.10. The van der Waals surface area contributed by atoms with Gasteiger partial charge >= 0.3 is 0 Å². The second-order valence-corrected chi connectivity index (χ2v) is 8.04. The van der Waals surface area contributed by atoms with Gasteiger partial charge in [0, 0.05) is 29.1 Å². The number of nitrogens with two attached hydrogens (primary N) is 1. The highest BCUT2D eigenvalue weighted by atomic mass is 79.9. The Hall–Kier alpha value is -0.280. The first-order valence-electron chi connectivity index (χ1n) is 6.12. The largest absolute Gasteiger partial charge is 0.398 e. The lowest BCUT2D eigenvalue weighted by atomic mass is 10.2. The van der Waals surface area contributed by atoms with Crippen LogP contribution in [0, 0.1) is 6.92 Å². The van der Waals surface area contributed by atoms with Crippen molar-refractivity contribution in [3.05, 3.63) is 22.2 Å². The van der Waals surface area contributed by atoms with Crippen LogP contribution in [-0.4, -0.2) is 38.2 Å². The SMILES string of the molecule is Cc1cc(Br)c(N)cc1S(=O)(=O)NCCSCCCO. The number of thioether (sulfide) groups is 1. The van der Waals surface area contributed by atoms with Crippen molar-refractivity contribution in [3.8, 4) is 0 Å². The minimum absolute atomic E-state index is 0.163. The zero-order chi connectivity index (χ0) is 15.2. The molecule has 0 aliphatic heterocycles. The first kappa shape index (κ1) is 17.8. The van der Waals surface area contributed by atoms with Gasteiger partial charge in [0.1, 0.15) is 0 Å². The van der Waals surface area contributed by atoms with Crippen LogP contribution >= 0.6 is 27.7 Å². The predicted molar refractivity (Wildman–Crippen MR) is 87.5 cm³/mol. The van der Waals surface area contributed by atoms with E-state index >= 15 is 0 Å². The molecular formula is C12H19BrN2O3S2. The van der Waals surface area contributed by atoms with Gasteiger partial charge in [0.05, 0.1) is 4.90 Å². The van der Waals surface area contributed by atoms with Crippen LogP contribution in [-0.2, 0) is 10.0 Å². The average Bonchev–Trinajstić information content (AvgIpc) is 2.37. The molecule has 0 radical (unpaired) electrons. The smallest absolute Gasteiger partial charge is 0.240 e. The maximum atomic E-state index is 12.2. The van der Waals surface area contributed by atoms with Crippen LogP contribution in [0.1, 0.15) is 12.0 Å². The molecule has 8 heteroatoms. The topological polar surface area (TPSA) is 92.4 Å². The molecule has 0 aliphatic rings. The van der Waals surface area contributed by atoms with Crippen LogP contribution in [0.25, 0.3) is 0 Å². The van der Waals surface area contributed by atoms with Gasteiger partial charge in [-0.25, -0.2) is 13.1 Å². The minimum atomic E-state index is -3.54. The van der Waals surface area contributed by atoms with Gasteiger partial charge in [0.15, 0.2) is 0 Å². The third-order valence-electron chi connectivity index (χ3n) is 2.57. The van der Waals surface area contributed by atoms with Crippen LogP contribution in [0.4, 0.5) is 5.69 Å². The van der Waals surface area contributed by atoms with Gasteiger partial charge < -0.3 is 10.8 Å². The standard InChI is InChI=1S/C12H19BrN2O3S2/c1-9-7-10(13)11(14)8-12(9)20(17,18)15-3-6-19-5-2-4-16/h7-8,15-16H,2-6,14H2,1H3. The summed E-state index contributed by atoms with van der Waals surface area (Å²) < 4.78 is 27.6. The number of halogens is 1. The lowest BCUT2D eigenvalue weighted by Crippen LogP contribution is -2.27. The first-order valence-corrected chi connectivity index (χ1v) is 9.55. The highest BCUT2D eigenvalue weighted by Crippen LogP contribution is 2.26. The van der Waals surface area contributed by atoms with Crippen LogP contribution in [0.2, 0.25) is 0 Å². The van der Waals surface area contributed by atoms with Crippen LogP contribution < -0.4 is 10.5 Å². The number of sulfonamides is 1. The Morgan fingerprint density at radius 2 is 2.10 bits per heavy atom. The summed E-state index contributed by atoms with van der Waals surface area (Å²) in [6.07, 6.45) is 0.722. The summed E-state index contributed by atoms with van der Waals surface area (Å²) in [4.78, 5) is 0.207. The van der Waals surface area contributed by atoms with E-state index in [0.717, 1.165) is 12.2 Å². The highest BCUT2D eigenvalue weighted by Gasteiger charge is 2.17. The summed E-state index contributed by atoms with van der Waals surface area (Å²) in [6, 6.07) is 3.15. The van der Waals surface area contributed by atoms with E-state index in [-0.39, 0.29) is 11.5 Å². The summed E-state index contributed by atoms with van der Waals surface area (Å²) in [5.41, 5.74) is 6.77. The summed E-state index contributed by atoms with van der Waals surface area (Å²) in [6.45, 7) is 2.25. The molecule has 4 N–H and O–H groups in total. The molecule has 0 aliphatic carbocycles. The zero-order valence-electron chi connectivity index (χ0n) is 11.2. The quantitative estimate of drug-likeness (QED) is 0.470. The predicted octanol–water partition coefficient (Wildman–Crippen LogP) is 1.73. The Labute approximate surface area is 132 Å². The number of hydrogen-bond acceptors (Lipinski definition) is 5. The molecule has 1 aromatic carbocycles. The van der Waals surface area contributed by atoms with Gasteiger partial charge in [-0.05, 0) is 52.7 Å². The van der Waals surface area contributed by atoms with E-state index in [1.165, 1.54) is 6.07 Å². The molecule has 0 bridgehead atoms. The molecule has 0 amide bonds. The normalized spacial score (nSPS) is 11.8. The van der Waals surface area contributed by atoms with Crippen LogP contribution in [0.5, 0.6) is 0 Å². The van der Waals surface area contributed by atoms with E-state index in [1.54, 1.807) is 24.8 Å². The maximum absolute atomic E-state index is 12.2. The van der Waals surface area contributed by atoms with Crippen molar-refractivity contribution in [1.82, 2.24) is 4.72 Å². The number of rotatable bonds is 8. The van der Waals surface area contributed by atoms with Gasteiger partial charge in [-0.1, -0.05) is 0 Å². The van der Waals surface area contributed by atoms with E-state index in [2.05, 4.69) is 20.7 Å². The average molecular weight is 383 g/mol. The van der Waals surface area contributed by atoms with Crippen LogP contribution in [0.15, 0.2) is 21.5 Å². The molecule has 0 spiro atoms. The second-order valence-electron chi connectivity index (χ2n) is 4.23. The molecule has 114 valence electrons. The molecule has 1 rings (SSSR count). The molecule has 0 saturated heterocycles. The Bertz CT molecular complexity index is 550.